The Kier molecular flexibility index (Phi) is 3.49. The molecule has 1 aromatic carbocycles. The molecule has 0 aliphatic rings. The highest BCUT2D eigenvalue weighted by molar-refractivity contribution is 6.31. The third-order valence-corrected chi connectivity index (χ3v) is 2.73. The topological polar surface area (TPSA) is 51.8 Å². The van der Waals surface area contributed by atoms with Crippen LogP contribution in [0.5, 0.6) is 0 Å². The van der Waals surface area contributed by atoms with Crippen molar-refractivity contribution in [3.8, 4) is 0 Å². The molecule has 0 aliphatic heterocycles. The molecule has 2 aromatic rings. The van der Waals surface area contributed by atoms with Gasteiger partial charge in [0.2, 0.25) is 0 Å². The van der Waals surface area contributed by atoms with Gasteiger partial charge in [-0.1, -0.05) is 29.8 Å². The highest BCUT2D eigenvalue weighted by Crippen LogP contribution is 2.20. The minimum absolute atomic E-state index is 0.173. The predicted octanol–water partition coefficient (Wildman–Crippen LogP) is 2.37. The first kappa shape index (κ1) is 11.0. The fraction of sp³-hybridized carbons (Fsp3) is 0.167. The molecule has 2 rings (SSSR count). The predicted molar refractivity (Wildman–Crippen MR) is 64.1 cm³/mol. The molecule has 0 saturated carbocycles. The van der Waals surface area contributed by atoms with E-state index < -0.39 is 0 Å². The Morgan fingerprint density at radius 2 is 2.06 bits per heavy atom. The molecule has 2 N–H and O–H groups in total. The lowest BCUT2D eigenvalue weighted by Gasteiger charge is -2.11. The third-order valence-electron chi connectivity index (χ3n) is 2.36. The Morgan fingerprint density at radius 1 is 1.25 bits per heavy atom. The van der Waals surface area contributed by atoms with E-state index in [1.807, 2.05) is 24.3 Å². The SMILES string of the molecule is NC(Cc1ccccc1Cl)c1cnccn1. The lowest BCUT2D eigenvalue weighted by atomic mass is 10.0. The highest BCUT2D eigenvalue weighted by atomic mass is 35.5. The van der Waals surface area contributed by atoms with Crippen LogP contribution in [-0.2, 0) is 6.42 Å². The summed E-state index contributed by atoms with van der Waals surface area (Å²) in [6, 6.07) is 7.51. The van der Waals surface area contributed by atoms with E-state index in [-0.39, 0.29) is 6.04 Å². The zero-order valence-electron chi connectivity index (χ0n) is 8.68. The molecule has 1 atom stereocenters. The Morgan fingerprint density at radius 3 is 2.75 bits per heavy atom. The van der Waals surface area contributed by atoms with Crippen LogP contribution in [0.1, 0.15) is 17.3 Å². The number of nitrogens with two attached hydrogens (primary N) is 1. The van der Waals surface area contributed by atoms with Crippen LogP contribution < -0.4 is 5.73 Å². The van der Waals surface area contributed by atoms with Crippen molar-refractivity contribution in [3.63, 3.8) is 0 Å². The molecule has 0 fully saturated rings. The van der Waals surface area contributed by atoms with Gasteiger partial charge in [-0.05, 0) is 18.1 Å². The van der Waals surface area contributed by atoms with E-state index in [9.17, 15) is 0 Å². The summed E-state index contributed by atoms with van der Waals surface area (Å²) in [6.45, 7) is 0. The van der Waals surface area contributed by atoms with Crippen molar-refractivity contribution in [2.75, 3.05) is 0 Å². The zero-order chi connectivity index (χ0) is 11.4. The van der Waals surface area contributed by atoms with E-state index in [4.69, 9.17) is 17.3 Å². The van der Waals surface area contributed by atoms with Gasteiger partial charge in [-0.3, -0.25) is 9.97 Å². The van der Waals surface area contributed by atoms with Gasteiger partial charge in [0.1, 0.15) is 0 Å². The van der Waals surface area contributed by atoms with E-state index in [0.717, 1.165) is 16.3 Å². The monoisotopic (exact) mass is 233 g/mol. The van der Waals surface area contributed by atoms with Crippen LogP contribution in [0.4, 0.5) is 0 Å². The van der Waals surface area contributed by atoms with Gasteiger partial charge in [0.05, 0.1) is 11.7 Å². The van der Waals surface area contributed by atoms with Crippen LogP contribution in [-0.4, -0.2) is 9.97 Å². The lowest BCUT2D eigenvalue weighted by molar-refractivity contribution is 0.691. The Balaban J connectivity index is 2.14. The van der Waals surface area contributed by atoms with Crippen LogP contribution in [0.2, 0.25) is 5.02 Å². The molecule has 0 aliphatic carbocycles. The van der Waals surface area contributed by atoms with Gasteiger partial charge in [-0.2, -0.15) is 0 Å². The Bertz CT molecular complexity index is 459. The van der Waals surface area contributed by atoms with Crippen molar-refractivity contribution in [1.82, 2.24) is 9.97 Å². The third kappa shape index (κ3) is 2.56. The van der Waals surface area contributed by atoms with Gasteiger partial charge < -0.3 is 5.73 Å². The molecule has 1 heterocycles. The fourth-order valence-corrected chi connectivity index (χ4v) is 1.72. The first-order valence-corrected chi connectivity index (χ1v) is 5.40. The van der Waals surface area contributed by atoms with Crippen molar-refractivity contribution < 1.29 is 0 Å². The minimum Gasteiger partial charge on any atom is -0.322 e. The maximum absolute atomic E-state index is 6.06. The second-order valence-electron chi connectivity index (χ2n) is 3.53. The van der Waals surface area contributed by atoms with Gasteiger partial charge in [0, 0.05) is 23.6 Å². The van der Waals surface area contributed by atoms with Gasteiger partial charge in [-0.25, -0.2) is 0 Å². The zero-order valence-corrected chi connectivity index (χ0v) is 9.43. The van der Waals surface area contributed by atoms with Crippen LogP contribution in [0.25, 0.3) is 0 Å². The molecule has 0 saturated heterocycles. The average molecular weight is 234 g/mol. The first-order chi connectivity index (χ1) is 7.77. The molecule has 1 aromatic heterocycles. The molecular weight excluding hydrogens is 222 g/mol. The van der Waals surface area contributed by atoms with E-state index >= 15 is 0 Å². The van der Waals surface area contributed by atoms with Gasteiger partial charge in [-0.15, -0.1) is 0 Å². The summed E-state index contributed by atoms with van der Waals surface area (Å²) in [5.41, 5.74) is 7.84. The fourth-order valence-electron chi connectivity index (χ4n) is 1.51. The van der Waals surface area contributed by atoms with Crippen molar-refractivity contribution >= 4 is 11.6 Å². The summed E-state index contributed by atoms with van der Waals surface area (Å²) in [6.07, 6.45) is 5.62. The second-order valence-corrected chi connectivity index (χ2v) is 3.94. The van der Waals surface area contributed by atoms with Crippen molar-refractivity contribution in [1.29, 1.82) is 0 Å². The van der Waals surface area contributed by atoms with Crippen LogP contribution in [0, 0.1) is 0 Å². The number of hydrogen-bond acceptors (Lipinski definition) is 3. The van der Waals surface area contributed by atoms with E-state index in [2.05, 4.69) is 9.97 Å². The largest absolute Gasteiger partial charge is 0.322 e. The number of halogens is 1. The molecule has 3 nitrogen and oxygen atoms in total. The smallest absolute Gasteiger partial charge is 0.0757 e. The molecule has 4 heteroatoms. The van der Waals surface area contributed by atoms with Crippen LogP contribution in [0.15, 0.2) is 42.9 Å². The molecule has 16 heavy (non-hydrogen) atoms. The lowest BCUT2D eigenvalue weighted by Crippen LogP contribution is -2.15. The quantitative estimate of drug-likeness (QED) is 0.886. The number of hydrogen-bond donors (Lipinski definition) is 1. The van der Waals surface area contributed by atoms with E-state index in [1.54, 1.807) is 18.6 Å². The minimum atomic E-state index is -0.173. The van der Waals surface area contributed by atoms with Crippen molar-refractivity contribution in [2.24, 2.45) is 5.73 Å². The number of benzene rings is 1. The Labute approximate surface area is 99.3 Å². The second kappa shape index (κ2) is 5.05. The van der Waals surface area contributed by atoms with Gasteiger partial charge in [0.15, 0.2) is 0 Å². The number of nitrogens with zero attached hydrogens (tertiary/aromatic N) is 2. The van der Waals surface area contributed by atoms with E-state index in [1.165, 1.54) is 0 Å². The summed E-state index contributed by atoms with van der Waals surface area (Å²) >= 11 is 6.06. The van der Waals surface area contributed by atoms with Gasteiger partial charge in [0.25, 0.3) is 0 Å². The van der Waals surface area contributed by atoms with Crippen LogP contribution >= 0.6 is 11.6 Å². The van der Waals surface area contributed by atoms with Crippen LogP contribution in [0.3, 0.4) is 0 Å². The first-order valence-electron chi connectivity index (χ1n) is 5.02. The summed E-state index contributed by atoms with van der Waals surface area (Å²) < 4.78 is 0. The molecular formula is C12H12ClN3. The number of rotatable bonds is 3. The standard InChI is InChI=1S/C12H12ClN3/c13-10-4-2-1-3-9(10)7-11(14)12-8-15-5-6-16-12/h1-6,8,11H,7,14H2. The molecule has 0 spiro atoms. The van der Waals surface area contributed by atoms with Crippen molar-refractivity contribution in [2.45, 2.75) is 12.5 Å². The summed E-state index contributed by atoms with van der Waals surface area (Å²) in [5.74, 6) is 0. The molecule has 0 radical (unpaired) electrons. The molecule has 0 amide bonds. The van der Waals surface area contributed by atoms with Gasteiger partial charge >= 0.3 is 0 Å². The molecule has 0 bridgehead atoms. The summed E-state index contributed by atoms with van der Waals surface area (Å²) in [5, 5.41) is 0.738. The summed E-state index contributed by atoms with van der Waals surface area (Å²) in [4.78, 5) is 8.17. The summed E-state index contributed by atoms with van der Waals surface area (Å²) in [7, 11) is 0. The highest BCUT2D eigenvalue weighted by Gasteiger charge is 2.10. The molecule has 82 valence electrons. The maximum atomic E-state index is 6.06. The normalized spacial score (nSPS) is 12.4. The van der Waals surface area contributed by atoms with Crippen molar-refractivity contribution in [3.05, 3.63) is 59.1 Å². The molecule has 1 unspecified atom stereocenters. The number of aromatic nitrogens is 2. The maximum Gasteiger partial charge on any atom is 0.0757 e. The average Bonchev–Trinajstić information content (AvgIpc) is 2.33. The van der Waals surface area contributed by atoms with E-state index in [0.29, 0.717) is 6.42 Å². The Hall–Kier alpha value is -1.45.